The molecule has 1 aliphatic carbocycles. The molecule has 1 aliphatic rings. The van der Waals surface area contributed by atoms with Crippen molar-refractivity contribution in [1.82, 2.24) is 19.7 Å². The molecule has 0 unspecified atom stereocenters. The highest BCUT2D eigenvalue weighted by molar-refractivity contribution is 5.86. The average Bonchev–Trinajstić information content (AvgIpc) is 2.99. The summed E-state index contributed by atoms with van der Waals surface area (Å²) in [5.41, 5.74) is 1.11. The lowest BCUT2D eigenvalue weighted by molar-refractivity contribution is 0.464. The molecule has 0 radical (unpaired) electrons. The van der Waals surface area contributed by atoms with E-state index in [2.05, 4.69) is 27.3 Å². The highest BCUT2D eigenvalue weighted by Gasteiger charge is 2.32. The average molecular weight is 245 g/mol. The minimum Gasteiger partial charge on any atom is -0.364 e. The van der Waals surface area contributed by atoms with E-state index in [0.29, 0.717) is 0 Å². The minimum absolute atomic E-state index is 0.219. The van der Waals surface area contributed by atoms with E-state index in [1.165, 1.54) is 25.7 Å². The van der Waals surface area contributed by atoms with Gasteiger partial charge in [-0.1, -0.05) is 19.8 Å². The van der Waals surface area contributed by atoms with Crippen molar-refractivity contribution in [3.8, 4) is 0 Å². The lowest BCUT2D eigenvalue weighted by atomic mass is 9.94. The SMILES string of the molecule is CCC1(Nc2ncnc3c2cnn3C)CCCC1. The number of aryl methyl sites for hydroxylation is 1. The number of aromatic nitrogens is 4. The van der Waals surface area contributed by atoms with E-state index in [-0.39, 0.29) is 5.54 Å². The normalized spacial score (nSPS) is 18.3. The Labute approximate surface area is 107 Å². The largest absolute Gasteiger partial charge is 0.364 e. The summed E-state index contributed by atoms with van der Waals surface area (Å²) in [7, 11) is 1.91. The molecule has 5 nitrogen and oxygen atoms in total. The zero-order valence-corrected chi connectivity index (χ0v) is 11.0. The fraction of sp³-hybridized carbons (Fsp3) is 0.615. The first-order valence-electron chi connectivity index (χ1n) is 6.65. The van der Waals surface area contributed by atoms with Crippen LogP contribution in [0.4, 0.5) is 5.82 Å². The van der Waals surface area contributed by atoms with Crippen molar-refractivity contribution in [2.75, 3.05) is 5.32 Å². The van der Waals surface area contributed by atoms with Crippen LogP contribution in [0.25, 0.3) is 11.0 Å². The van der Waals surface area contributed by atoms with E-state index in [1.807, 2.05) is 13.2 Å². The fourth-order valence-electron chi connectivity index (χ4n) is 2.93. The van der Waals surface area contributed by atoms with Crippen LogP contribution in [0.3, 0.4) is 0 Å². The maximum Gasteiger partial charge on any atom is 0.163 e. The Morgan fingerprint density at radius 2 is 2.11 bits per heavy atom. The summed E-state index contributed by atoms with van der Waals surface area (Å²) in [5.74, 6) is 0.928. The first-order chi connectivity index (χ1) is 8.74. The van der Waals surface area contributed by atoms with Gasteiger partial charge in [0, 0.05) is 12.6 Å². The molecule has 5 heteroatoms. The maximum atomic E-state index is 4.40. The highest BCUT2D eigenvalue weighted by Crippen LogP contribution is 2.36. The summed E-state index contributed by atoms with van der Waals surface area (Å²) in [5, 5.41) is 8.92. The smallest absolute Gasteiger partial charge is 0.163 e. The molecule has 1 N–H and O–H groups in total. The molecule has 18 heavy (non-hydrogen) atoms. The number of fused-ring (bicyclic) bond motifs is 1. The molecule has 1 fully saturated rings. The summed E-state index contributed by atoms with van der Waals surface area (Å²) in [4.78, 5) is 8.68. The molecular formula is C13H19N5. The molecule has 2 aromatic heterocycles. The number of nitrogens with one attached hydrogen (secondary N) is 1. The van der Waals surface area contributed by atoms with Gasteiger partial charge in [0.1, 0.15) is 12.1 Å². The number of hydrogen-bond acceptors (Lipinski definition) is 4. The summed E-state index contributed by atoms with van der Waals surface area (Å²) < 4.78 is 1.79. The first kappa shape index (κ1) is 11.4. The standard InChI is InChI=1S/C13H19N5/c1-3-13(6-4-5-7-13)17-11-10-8-16-18(2)12(10)15-9-14-11/h8-9H,3-7H2,1-2H3,(H,14,15,17). The Balaban J connectivity index is 1.99. The fourth-order valence-corrected chi connectivity index (χ4v) is 2.93. The molecular weight excluding hydrogens is 226 g/mol. The molecule has 2 heterocycles. The summed E-state index contributed by atoms with van der Waals surface area (Å²) >= 11 is 0. The monoisotopic (exact) mass is 245 g/mol. The van der Waals surface area contributed by atoms with Gasteiger partial charge in [0.2, 0.25) is 0 Å². The molecule has 0 amide bonds. The molecule has 0 spiro atoms. The van der Waals surface area contributed by atoms with Gasteiger partial charge in [0.05, 0.1) is 11.6 Å². The van der Waals surface area contributed by atoms with Crippen LogP contribution in [0.15, 0.2) is 12.5 Å². The van der Waals surface area contributed by atoms with Crippen molar-refractivity contribution >= 4 is 16.9 Å². The van der Waals surface area contributed by atoms with Gasteiger partial charge in [-0.15, -0.1) is 0 Å². The molecule has 0 aliphatic heterocycles. The van der Waals surface area contributed by atoms with Crippen molar-refractivity contribution in [2.24, 2.45) is 7.05 Å². The predicted octanol–water partition coefficient (Wildman–Crippen LogP) is 2.50. The minimum atomic E-state index is 0.219. The topological polar surface area (TPSA) is 55.6 Å². The van der Waals surface area contributed by atoms with Gasteiger partial charge in [0.25, 0.3) is 0 Å². The van der Waals surface area contributed by atoms with Crippen molar-refractivity contribution in [1.29, 1.82) is 0 Å². The van der Waals surface area contributed by atoms with Crippen LogP contribution in [0, 0.1) is 0 Å². The molecule has 0 saturated heterocycles. The summed E-state index contributed by atoms with van der Waals surface area (Å²) in [6.07, 6.45) is 9.67. The third-order valence-corrected chi connectivity index (χ3v) is 4.15. The van der Waals surface area contributed by atoms with Gasteiger partial charge >= 0.3 is 0 Å². The zero-order valence-electron chi connectivity index (χ0n) is 11.0. The van der Waals surface area contributed by atoms with E-state index in [0.717, 1.165) is 23.3 Å². The van der Waals surface area contributed by atoms with E-state index < -0.39 is 0 Å². The maximum absolute atomic E-state index is 4.40. The van der Waals surface area contributed by atoms with Crippen molar-refractivity contribution in [2.45, 2.75) is 44.6 Å². The Bertz CT molecular complexity index is 554. The molecule has 1 saturated carbocycles. The van der Waals surface area contributed by atoms with Crippen LogP contribution in [0.5, 0.6) is 0 Å². The second-order valence-corrected chi connectivity index (χ2v) is 5.19. The van der Waals surface area contributed by atoms with E-state index in [1.54, 1.807) is 11.0 Å². The number of anilines is 1. The van der Waals surface area contributed by atoms with Gasteiger partial charge in [0.15, 0.2) is 5.65 Å². The predicted molar refractivity (Wildman–Crippen MR) is 71.4 cm³/mol. The molecule has 3 rings (SSSR count). The quantitative estimate of drug-likeness (QED) is 0.902. The van der Waals surface area contributed by atoms with E-state index >= 15 is 0 Å². The van der Waals surface area contributed by atoms with Crippen LogP contribution in [0.1, 0.15) is 39.0 Å². The van der Waals surface area contributed by atoms with Crippen LogP contribution in [0.2, 0.25) is 0 Å². The first-order valence-corrected chi connectivity index (χ1v) is 6.65. The second kappa shape index (κ2) is 4.23. The Kier molecular flexibility index (Phi) is 2.69. The van der Waals surface area contributed by atoms with Gasteiger partial charge in [-0.25, -0.2) is 9.97 Å². The van der Waals surface area contributed by atoms with E-state index in [4.69, 9.17) is 0 Å². The Morgan fingerprint density at radius 3 is 2.83 bits per heavy atom. The van der Waals surface area contributed by atoms with Crippen LogP contribution in [-0.2, 0) is 7.05 Å². The molecule has 0 aromatic carbocycles. The van der Waals surface area contributed by atoms with Crippen molar-refractivity contribution in [3.63, 3.8) is 0 Å². The van der Waals surface area contributed by atoms with Crippen molar-refractivity contribution < 1.29 is 0 Å². The van der Waals surface area contributed by atoms with Gasteiger partial charge in [-0.3, -0.25) is 4.68 Å². The Morgan fingerprint density at radius 1 is 1.33 bits per heavy atom. The number of rotatable bonds is 3. The lowest BCUT2D eigenvalue weighted by Gasteiger charge is -2.29. The van der Waals surface area contributed by atoms with Crippen LogP contribution >= 0.6 is 0 Å². The second-order valence-electron chi connectivity index (χ2n) is 5.19. The zero-order chi connectivity index (χ0) is 12.6. The summed E-state index contributed by atoms with van der Waals surface area (Å²) in [6.45, 7) is 2.25. The lowest BCUT2D eigenvalue weighted by Crippen LogP contribution is -2.34. The van der Waals surface area contributed by atoms with E-state index in [9.17, 15) is 0 Å². The van der Waals surface area contributed by atoms with Crippen LogP contribution in [-0.4, -0.2) is 25.3 Å². The van der Waals surface area contributed by atoms with Gasteiger partial charge in [-0.2, -0.15) is 5.10 Å². The number of hydrogen-bond donors (Lipinski definition) is 1. The molecule has 2 aromatic rings. The third-order valence-electron chi connectivity index (χ3n) is 4.15. The highest BCUT2D eigenvalue weighted by atomic mass is 15.3. The van der Waals surface area contributed by atoms with Crippen molar-refractivity contribution in [3.05, 3.63) is 12.5 Å². The van der Waals surface area contributed by atoms with Gasteiger partial charge < -0.3 is 5.32 Å². The molecule has 0 atom stereocenters. The Hall–Kier alpha value is -1.65. The third kappa shape index (κ3) is 1.74. The van der Waals surface area contributed by atoms with Gasteiger partial charge in [-0.05, 0) is 19.3 Å². The number of nitrogens with zero attached hydrogens (tertiary/aromatic N) is 4. The molecule has 96 valence electrons. The summed E-state index contributed by atoms with van der Waals surface area (Å²) in [6, 6.07) is 0. The van der Waals surface area contributed by atoms with Crippen LogP contribution < -0.4 is 5.32 Å². The molecule has 0 bridgehead atoms.